The van der Waals surface area contributed by atoms with Gasteiger partial charge in [0.05, 0.1) is 6.54 Å². The predicted octanol–water partition coefficient (Wildman–Crippen LogP) is -1.22. The number of amides is 1. The highest BCUT2D eigenvalue weighted by Crippen LogP contribution is 1.86. The SMILES string of the molecule is NCC(=O)CCC(N)=O. The Morgan fingerprint density at radius 3 is 2.11 bits per heavy atom. The molecule has 0 saturated carbocycles. The van der Waals surface area contributed by atoms with Gasteiger partial charge in [0.1, 0.15) is 5.78 Å². The number of hydrogen-bond acceptors (Lipinski definition) is 3. The van der Waals surface area contributed by atoms with Crippen molar-refractivity contribution in [1.29, 1.82) is 0 Å². The predicted molar refractivity (Wildman–Crippen MR) is 32.5 cm³/mol. The number of ketones is 1. The smallest absolute Gasteiger partial charge is 0.217 e. The summed E-state index contributed by atoms with van der Waals surface area (Å²) >= 11 is 0. The monoisotopic (exact) mass is 130 g/mol. The molecule has 0 aromatic heterocycles. The van der Waals surface area contributed by atoms with Crippen molar-refractivity contribution in [3.8, 4) is 0 Å². The van der Waals surface area contributed by atoms with Crippen molar-refractivity contribution in [1.82, 2.24) is 0 Å². The molecule has 0 fully saturated rings. The van der Waals surface area contributed by atoms with Gasteiger partial charge in [-0.15, -0.1) is 0 Å². The molecular formula is C5H10N2O2. The van der Waals surface area contributed by atoms with Gasteiger partial charge in [-0.2, -0.15) is 0 Å². The standard InChI is InChI=1S/C5H10N2O2/c6-3-4(8)1-2-5(7)9/h1-3,6H2,(H2,7,9). The molecule has 0 unspecified atom stereocenters. The van der Waals surface area contributed by atoms with Gasteiger partial charge in [-0.25, -0.2) is 0 Å². The number of Topliss-reactive ketones (excluding diaryl/α,β-unsaturated/α-hetero) is 1. The molecule has 4 heteroatoms. The van der Waals surface area contributed by atoms with E-state index in [1.807, 2.05) is 0 Å². The van der Waals surface area contributed by atoms with Crippen molar-refractivity contribution >= 4 is 11.7 Å². The third-order valence-electron chi connectivity index (χ3n) is 0.878. The van der Waals surface area contributed by atoms with Crippen LogP contribution in [0, 0.1) is 0 Å². The lowest BCUT2D eigenvalue weighted by atomic mass is 10.2. The van der Waals surface area contributed by atoms with Crippen LogP contribution in [-0.2, 0) is 9.59 Å². The number of carbonyl (C=O) groups excluding carboxylic acids is 2. The fourth-order valence-corrected chi connectivity index (χ4v) is 0.365. The largest absolute Gasteiger partial charge is 0.370 e. The molecule has 0 aliphatic heterocycles. The highest BCUT2D eigenvalue weighted by atomic mass is 16.1. The van der Waals surface area contributed by atoms with E-state index in [-0.39, 0.29) is 25.2 Å². The molecule has 0 aromatic rings. The van der Waals surface area contributed by atoms with Crippen LogP contribution in [0.4, 0.5) is 0 Å². The zero-order valence-corrected chi connectivity index (χ0v) is 5.09. The summed E-state index contributed by atoms with van der Waals surface area (Å²) in [6, 6.07) is 0. The maximum atomic E-state index is 10.4. The Labute approximate surface area is 53.2 Å². The van der Waals surface area contributed by atoms with Gasteiger partial charge >= 0.3 is 0 Å². The molecular weight excluding hydrogens is 120 g/mol. The number of nitrogens with two attached hydrogens (primary N) is 2. The highest BCUT2D eigenvalue weighted by molar-refractivity contribution is 5.85. The fourth-order valence-electron chi connectivity index (χ4n) is 0.365. The highest BCUT2D eigenvalue weighted by Gasteiger charge is 1.99. The van der Waals surface area contributed by atoms with Gasteiger partial charge in [0.2, 0.25) is 5.91 Å². The van der Waals surface area contributed by atoms with E-state index < -0.39 is 5.91 Å². The third-order valence-corrected chi connectivity index (χ3v) is 0.878. The van der Waals surface area contributed by atoms with E-state index in [4.69, 9.17) is 11.5 Å². The minimum absolute atomic E-state index is 0.00667. The molecule has 9 heavy (non-hydrogen) atoms. The van der Waals surface area contributed by atoms with E-state index >= 15 is 0 Å². The Hall–Kier alpha value is -0.900. The lowest BCUT2D eigenvalue weighted by Crippen LogP contribution is -2.17. The molecule has 0 radical (unpaired) electrons. The molecule has 0 rings (SSSR count). The lowest BCUT2D eigenvalue weighted by Gasteiger charge is -1.91. The summed E-state index contributed by atoms with van der Waals surface area (Å²) in [4.78, 5) is 20.4. The molecule has 0 bridgehead atoms. The maximum absolute atomic E-state index is 10.4. The van der Waals surface area contributed by atoms with Crippen molar-refractivity contribution in [2.45, 2.75) is 12.8 Å². The number of rotatable bonds is 4. The van der Waals surface area contributed by atoms with E-state index in [2.05, 4.69) is 0 Å². The van der Waals surface area contributed by atoms with Gasteiger partial charge in [-0.1, -0.05) is 0 Å². The Bertz CT molecular complexity index is 122. The van der Waals surface area contributed by atoms with Crippen LogP contribution in [0.2, 0.25) is 0 Å². The summed E-state index contributed by atoms with van der Waals surface area (Å²) < 4.78 is 0. The molecule has 4 nitrogen and oxygen atoms in total. The average molecular weight is 130 g/mol. The number of hydrogen-bond donors (Lipinski definition) is 2. The van der Waals surface area contributed by atoms with Crippen LogP contribution in [0.25, 0.3) is 0 Å². The first-order valence-corrected chi connectivity index (χ1v) is 2.67. The minimum atomic E-state index is -0.461. The van der Waals surface area contributed by atoms with E-state index in [1.165, 1.54) is 0 Å². The van der Waals surface area contributed by atoms with Gasteiger partial charge in [0.15, 0.2) is 0 Å². The van der Waals surface area contributed by atoms with Crippen molar-refractivity contribution < 1.29 is 9.59 Å². The fraction of sp³-hybridized carbons (Fsp3) is 0.600. The third kappa shape index (κ3) is 4.96. The van der Waals surface area contributed by atoms with Crippen molar-refractivity contribution in [2.24, 2.45) is 11.5 Å². The van der Waals surface area contributed by atoms with Crippen molar-refractivity contribution in [2.75, 3.05) is 6.54 Å². The number of carbonyl (C=O) groups is 2. The topological polar surface area (TPSA) is 86.2 Å². The van der Waals surface area contributed by atoms with Gasteiger partial charge in [0.25, 0.3) is 0 Å². The van der Waals surface area contributed by atoms with Gasteiger partial charge in [-0.05, 0) is 0 Å². The van der Waals surface area contributed by atoms with Crippen LogP contribution >= 0.6 is 0 Å². The Morgan fingerprint density at radius 2 is 1.78 bits per heavy atom. The van der Waals surface area contributed by atoms with Crippen molar-refractivity contribution in [3.63, 3.8) is 0 Å². The molecule has 0 aromatic carbocycles. The second kappa shape index (κ2) is 4.03. The molecule has 0 heterocycles. The van der Waals surface area contributed by atoms with E-state index in [0.717, 1.165) is 0 Å². The summed E-state index contributed by atoms with van der Waals surface area (Å²) in [5, 5.41) is 0. The van der Waals surface area contributed by atoms with Crippen LogP contribution in [0.3, 0.4) is 0 Å². The first-order chi connectivity index (χ1) is 4.16. The van der Waals surface area contributed by atoms with Crippen LogP contribution in [0.1, 0.15) is 12.8 Å². The zero-order valence-electron chi connectivity index (χ0n) is 5.09. The molecule has 0 spiro atoms. The van der Waals surface area contributed by atoms with Crippen LogP contribution < -0.4 is 11.5 Å². The quantitative estimate of drug-likeness (QED) is 0.500. The Balaban J connectivity index is 3.28. The average Bonchev–Trinajstić information content (AvgIpc) is 1.83. The first kappa shape index (κ1) is 8.10. The second-order valence-electron chi connectivity index (χ2n) is 1.71. The molecule has 0 atom stereocenters. The van der Waals surface area contributed by atoms with Gasteiger partial charge < -0.3 is 11.5 Å². The summed E-state index contributed by atoms with van der Waals surface area (Å²) in [7, 11) is 0. The summed E-state index contributed by atoms with van der Waals surface area (Å²) in [5.74, 6) is -0.592. The van der Waals surface area contributed by atoms with Gasteiger partial charge in [-0.3, -0.25) is 9.59 Å². The summed E-state index contributed by atoms with van der Waals surface area (Å²) in [5.41, 5.74) is 9.72. The van der Waals surface area contributed by atoms with Crippen LogP contribution in [0.5, 0.6) is 0 Å². The summed E-state index contributed by atoms with van der Waals surface area (Å²) in [6.45, 7) is -0.00667. The molecule has 52 valence electrons. The number of primary amides is 1. The van der Waals surface area contributed by atoms with E-state index in [0.29, 0.717) is 0 Å². The van der Waals surface area contributed by atoms with Gasteiger partial charge in [0, 0.05) is 12.8 Å². The zero-order chi connectivity index (χ0) is 7.28. The maximum Gasteiger partial charge on any atom is 0.217 e. The molecule has 1 amide bonds. The Morgan fingerprint density at radius 1 is 1.22 bits per heavy atom. The molecule has 0 aliphatic carbocycles. The van der Waals surface area contributed by atoms with E-state index in [1.54, 1.807) is 0 Å². The Kier molecular flexibility index (Phi) is 3.62. The lowest BCUT2D eigenvalue weighted by molar-refractivity contribution is -0.123. The summed E-state index contributed by atoms with van der Waals surface area (Å²) in [6.07, 6.45) is 0.280. The van der Waals surface area contributed by atoms with Crippen LogP contribution in [0.15, 0.2) is 0 Å². The van der Waals surface area contributed by atoms with E-state index in [9.17, 15) is 9.59 Å². The van der Waals surface area contributed by atoms with Crippen molar-refractivity contribution in [3.05, 3.63) is 0 Å². The molecule has 0 saturated heterocycles. The second-order valence-corrected chi connectivity index (χ2v) is 1.71. The van der Waals surface area contributed by atoms with Crippen LogP contribution in [-0.4, -0.2) is 18.2 Å². The first-order valence-electron chi connectivity index (χ1n) is 2.67. The normalized spacial score (nSPS) is 9.00. The molecule has 0 aliphatic rings. The molecule has 4 N–H and O–H groups in total. The minimum Gasteiger partial charge on any atom is -0.370 e.